The van der Waals surface area contributed by atoms with E-state index in [1.165, 1.54) is 0 Å². The Bertz CT molecular complexity index is 752. The number of rotatable bonds is 4. The third-order valence-corrected chi connectivity index (χ3v) is 5.81. The quantitative estimate of drug-likeness (QED) is 0.779. The largest absolute Gasteiger partial charge is 0.352 e. The Morgan fingerprint density at radius 3 is 2.30 bits per heavy atom. The van der Waals surface area contributed by atoms with Crippen LogP contribution in [0.2, 0.25) is 0 Å². The molecular formula is C15H16N2O5S. The molecule has 0 aliphatic carbocycles. The molecule has 2 aliphatic heterocycles. The van der Waals surface area contributed by atoms with Gasteiger partial charge in [0, 0.05) is 19.0 Å². The van der Waals surface area contributed by atoms with E-state index in [1.807, 2.05) is 0 Å². The first-order valence-corrected chi connectivity index (χ1v) is 9.14. The second-order valence-corrected chi connectivity index (χ2v) is 7.95. The summed E-state index contributed by atoms with van der Waals surface area (Å²) in [6.07, 6.45) is 0.364. The molecule has 7 nitrogen and oxygen atoms in total. The first-order valence-electron chi connectivity index (χ1n) is 7.32. The molecular weight excluding hydrogens is 320 g/mol. The third kappa shape index (κ3) is 3.12. The van der Waals surface area contributed by atoms with Crippen LogP contribution in [0.1, 0.15) is 33.6 Å². The van der Waals surface area contributed by atoms with E-state index >= 15 is 0 Å². The highest BCUT2D eigenvalue weighted by Crippen LogP contribution is 2.22. The van der Waals surface area contributed by atoms with Gasteiger partial charge < -0.3 is 5.32 Å². The number of benzene rings is 1. The van der Waals surface area contributed by atoms with E-state index < -0.39 is 21.7 Å². The minimum atomic E-state index is -3.06. The van der Waals surface area contributed by atoms with E-state index in [-0.39, 0.29) is 36.4 Å². The van der Waals surface area contributed by atoms with Gasteiger partial charge in [0.2, 0.25) is 5.91 Å². The maximum absolute atomic E-state index is 12.1. The van der Waals surface area contributed by atoms with Gasteiger partial charge in [0.05, 0.1) is 22.6 Å². The Morgan fingerprint density at radius 1 is 1.17 bits per heavy atom. The molecule has 3 amide bonds. The molecule has 2 heterocycles. The summed E-state index contributed by atoms with van der Waals surface area (Å²) in [5.41, 5.74) is 0.694. The number of fused-ring (bicyclic) bond motifs is 1. The molecule has 1 unspecified atom stereocenters. The summed E-state index contributed by atoms with van der Waals surface area (Å²) < 4.78 is 22.7. The average molecular weight is 336 g/mol. The Hall–Kier alpha value is -2.22. The highest BCUT2D eigenvalue weighted by atomic mass is 32.2. The number of nitrogens with zero attached hydrogens (tertiary/aromatic N) is 1. The van der Waals surface area contributed by atoms with Crippen molar-refractivity contribution in [2.75, 3.05) is 18.1 Å². The van der Waals surface area contributed by atoms with E-state index in [4.69, 9.17) is 0 Å². The first-order chi connectivity index (χ1) is 10.9. The molecule has 122 valence electrons. The van der Waals surface area contributed by atoms with Gasteiger partial charge in [0.1, 0.15) is 0 Å². The van der Waals surface area contributed by atoms with Crippen LogP contribution in [-0.4, -0.2) is 55.1 Å². The molecule has 0 spiro atoms. The third-order valence-electron chi connectivity index (χ3n) is 4.04. The molecule has 1 N–H and O–H groups in total. The highest BCUT2D eigenvalue weighted by Gasteiger charge is 2.35. The zero-order valence-corrected chi connectivity index (χ0v) is 13.1. The number of hydrogen-bond acceptors (Lipinski definition) is 5. The van der Waals surface area contributed by atoms with Crippen molar-refractivity contribution in [2.45, 2.75) is 18.9 Å². The number of carbonyl (C=O) groups excluding carboxylic acids is 3. The van der Waals surface area contributed by atoms with Crippen molar-refractivity contribution >= 4 is 27.6 Å². The minimum absolute atomic E-state index is 0.0162. The lowest BCUT2D eigenvalue weighted by molar-refractivity contribution is -0.121. The summed E-state index contributed by atoms with van der Waals surface area (Å²) in [7, 11) is -3.06. The predicted molar refractivity (Wildman–Crippen MR) is 81.6 cm³/mol. The number of carbonyl (C=O) groups is 3. The fourth-order valence-electron chi connectivity index (χ4n) is 2.86. The van der Waals surface area contributed by atoms with Gasteiger partial charge in [-0.1, -0.05) is 12.1 Å². The second kappa shape index (κ2) is 5.77. The molecule has 23 heavy (non-hydrogen) atoms. The number of hydrogen-bond donors (Lipinski definition) is 1. The van der Waals surface area contributed by atoms with Gasteiger partial charge in [-0.05, 0) is 18.6 Å². The summed E-state index contributed by atoms with van der Waals surface area (Å²) in [5, 5.41) is 2.64. The van der Waals surface area contributed by atoms with E-state index in [0.717, 1.165) is 4.90 Å². The molecule has 3 rings (SSSR count). The molecule has 1 saturated heterocycles. The molecule has 0 saturated carbocycles. The summed E-state index contributed by atoms with van der Waals surface area (Å²) in [6.45, 7) is -0.0162. The van der Waals surface area contributed by atoms with Crippen molar-refractivity contribution in [1.29, 1.82) is 0 Å². The summed E-state index contributed by atoms with van der Waals surface area (Å²) in [4.78, 5) is 37.2. The Kier molecular flexibility index (Phi) is 3.93. The van der Waals surface area contributed by atoms with Crippen LogP contribution in [0.4, 0.5) is 0 Å². The Morgan fingerprint density at radius 2 is 1.78 bits per heavy atom. The van der Waals surface area contributed by atoms with Crippen molar-refractivity contribution in [2.24, 2.45) is 0 Å². The van der Waals surface area contributed by atoms with Crippen molar-refractivity contribution < 1.29 is 22.8 Å². The van der Waals surface area contributed by atoms with Gasteiger partial charge >= 0.3 is 0 Å². The Labute approximate surface area is 133 Å². The van der Waals surface area contributed by atoms with Crippen molar-refractivity contribution in [3.8, 4) is 0 Å². The van der Waals surface area contributed by atoms with Gasteiger partial charge in [-0.25, -0.2) is 8.42 Å². The zero-order valence-electron chi connectivity index (χ0n) is 12.3. The second-order valence-electron chi connectivity index (χ2n) is 5.73. The number of amides is 3. The SMILES string of the molecule is O=C(CCN1C(=O)c2ccccc2C1=O)NC1CCS(=O)(=O)C1. The predicted octanol–water partition coefficient (Wildman–Crippen LogP) is -0.0240. The normalized spacial score (nSPS) is 22.3. The van der Waals surface area contributed by atoms with Gasteiger partial charge in [0.15, 0.2) is 9.84 Å². The number of imide groups is 1. The van der Waals surface area contributed by atoms with Crippen LogP contribution >= 0.6 is 0 Å². The lowest BCUT2D eigenvalue weighted by atomic mass is 10.1. The van der Waals surface area contributed by atoms with Crippen LogP contribution in [0.3, 0.4) is 0 Å². The van der Waals surface area contributed by atoms with Crippen molar-refractivity contribution in [3.63, 3.8) is 0 Å². The molecule has 8 heteroatoms. The van der Waals surface area contributed by atoms with Crippen LogP contribution in [0.25, 0.3) is 0 Å². The van der Waals surface area contributed by atoms with Gasteiger partial charge in [-0.15, -0.1) is 0 Å². The van der Waals surface area contributed by atoms with E-state index in [9.17, 15) is 22.8 Å². The van der Waals surface area contributed by atoms with Gasteiger partial charge in [-0.2, -0.15) is 0 Å². The maximum Gasteiger partial charge on any atom is 0.261 e. The van der Waals surface area contributed by atoms with Gasteiger partial charge in [0.25, 0.3) is 11.8 Å². The highest BCUT2D eigenvalue weighted by molar-refractivity contribution is 7.91. The topological polar surface area (TPSA) is 101 Å². The van der Waals surface area contributed by atoms with Crippen molar-refractivity contribution in [1.82, 2.24) is 10.2 Å². The van der Waals surface area contributed by atoms with Crippen LogP contribution in [-0.2, 0) is 14.6 Å². The minimum Gasteiger partial charge on any atom is -0.352 e. The smallest absolute Gasteiger partial charge is 0.261 e. The van der Waals surface area contributed by atoms with Crippen molar-refractivity contribution in [3.05, 3.63) is 35.4 Å². The lowest BCUT2D eigenvalue weighted by Crippen LogP contribution is -2.39. The monoisotopic (exact) mass is 336 g/mol. The molecule has 0 aromatic heterocycles. The van der Waals surface area contributed by atoms with Crippen LogP contribution < -0.4 is 5.32 Å². The van der Waals surface area contributed by atoms with E-state index in [1.54, 1.807) is 24.3 Å². The molecule has 1 atom stereocenters. The molecule has 0 radical (unpaired) electrons. The number of nitrogens with one attached hydrogen (secondary N) is 1. The van der Waals surface area contributed by atoms with Crippen LogP contribution in [0, 0.1) is 0 Å². The summed E-state index contributed by atoms with van der Waals surface area (Å²) >= 11 is 0. The van der Waals surface area contributed by atoms with Gasteiger partial charge in [-0.3, -0.25) is 19.3 Å². The van der Waals surface area contributed by atoms with E-state index in [2.05, 4.69) is 5.32 Å². The summed E-state index contributed by atoms with van der Waals surface area (Å²) in [6, 6.07) is 6.15. The fraction of sp³-hybridized carbons (Fsp3) is 0.400. The van der Waals surface area contributed by atoms with Crippen LogP contribution in [0.5, 0.6) is 0 Å². The number of sulfone groups is 1. The molecule has 0 bridgehead atoms. The standard InChI is InChI=1S/C15H16N2O5S/c18-13(16-10-6-8-23(21,22)9-10)5-7-17-14(19)11-3-1-2-4-12(11)15(17)20/h1-4,10H,5-9H2,(H,16,18). The van der Waals surface area contributed by atoms with E-state index in [0.29, 0.717) is 17.5 Å². The molecule has 2 aliphatic rings. The first kappa shape index (κ1) is 15.7. The lowest BCUT2D eigenvalue weighted by Gasteiger charge is -2.15. The fourth-order valence-corrected chi connectivity index (χ4v) is 4.54. The average Bonchev–Trinajstić information content (AvgIpc) is 2.96. The molecule has 1 fully saturated rings. The Balaban J connectivity index is 1.56. The van der Waals surface area contributed by atoms with Crippen LogP contribution in [0.15, 0.2) is 24.3 Å². The maximum atomic E-state index is 12.1. The molecule has 1 aromatic carbocycles. The summed E-state index contributed by atoms with van der Waals surface area (Å²) in [5.74, 6) is -1.13. The molecule has 1 aromatic rings. The zero-order chi connectivity index (χ0) is 16.6.